The molecule has 2 aromatic rings. The van der Waals surface area contributed by atoms with Crippen LogP contribution in [0.1, 0.15) is 59.8 Å². The average molecular weight is 416 g/mol. The Labute approximate surface area is 173 Å². The second-order valence-corrected chi connectivity index (χ2v) is 10.3. The molecular weight excluding hydrogens is 386 g/mol. The van der Waals surface area contributed by atoms with E-state index in [1.807, 2.05) is 6.92 Å². The van der Waals surface area contributed by atoms with Crippen molar-refractivity contribution in [1.82, 2.24) is 14.2 Å². The Morgan fingerprint density at radius 3 is 2.38 bits per heavy atom. The fraction of sp³-hybridized carbons (Fsp3) is 0.500. The van der Waals surface area contributed by atoms with Gasteiger partial charge in [-0.2, -0.15) is 4.31 Å². The summed E-state index contributed by atoms with van der Waals surface area (Å²) in [5.41, 5.74) is 2.66. The number of amides is 1. The zero-order valence-electron chi connectivity index (χ0n) is 17.1. The molecule has 4 rings (SSSR count). The van der Waals surface area contributed by atoms with Gasteiger partial charge < -0.3 is 9.88 Å². The lowest BCUT2D eigenvalue weighted by Crippen LogP contribution is -2.35. The van der Waals surface area contributed by atoms with Crippen molar-refractivity contribution in [2.45, 2.75) is 50.0 Å². The third-order valence-corrected chi connectivity index (χ3v) is 7.85. The number of benzene rings is 1. The monoisotopic (exact) mass is 415 g/mol. The highest BCUT2D eigenvalue weighted by Crippen LogP contribution is 2.41. The summed E-state index contributed by atoms with van der Waals surface area (Å²) in [6, 6.07) is 9.72. The van der Waals surface area contributed by atoms with E-state index < -0.39 is 10.0 Å². The number of piperidine rings is 1. The Hall–Kier alpha value is -2.12. The minimum atomic E-state index is -3.55. The molecule has 2 heterocycles. The second-order valence-electron chi connectivity index (χ2n) is 8.34. The quantitative estimate of drug-likeness (QED) is 0.786. The van der Waals surface area contributed by atoms with E-state index >= 15 is 0 Å². The van der Waals surface area contributed by atoms with Crippen LogP contribution in [0.15, 0.2) is 41.4 Å². The molecule has 1 saturated carbocycles. The standard InChI is InChI=1S/C22H29N3O3S/c1-16-6-8-17(9-7-16)21(18-10-11-18)23-22(26)20-14-19(15-24(20)2)29(27,28)25-12-4-3-5-13-25/h6-9,14-15,18,21H,3-5,10-13H2,1-2H3,(H,23,26). The van der Waals surface area contributed by atoms with Gasteiger partial charge in [0.05, 0.1) is 6.04 Å². The highest BCUT2D eigenvalue weighted by molar-refractivity contribution is 7.89. The molecule has 2 fully saturated rings. The molecule has 1 unspecified atom stereocenters. The van der Waals surface area contributed by atoms with Crippen molar-refractivity contribution < 1.29 is 13.2 Å². The maximum Gasteiger partial charge on any atom is 0.268 e. The normalized spacial score (nSPS) is 19.1. The number of nitrogens with one attached hydrogen (secondary N) is 1. The lowest BCUT2D eigenvalue weighted by Gasteiger charge is -2.25. The number of carbonyl (C=O) groups is 1. The van der Waals surface area contributed by atoms with Crippen molar-refractivity contribution in [1.29, 1.82) is 0 Å². The molecule has 1 amide bonds. The van der Waals surface area contributed by atoms with Crippen molar-refractivity contribution in [3.63, 3.8) is 0 Å². The van der Waals surface area contributed by atoms with Crippen molar-refractivity contribution in [2.75, 3.05) is 13.1 Å². The van der Waals surface area contributed by atoms with Gasteiger partial charge in [-0.1, -0.05) is 36.2 Å². The fourth-order valence-electron chi connectivity index (χ4n) is 4.05. The molecule has 156 valence electrons. The van der Waals surface area contributed by atoms with Crippen molar-refractivity contribution >= 4 is 15.9 Å². The van der Waals surface area contributed by atoms with Crippen LogP contribution in [-0.2, 0) is 17.1 Å². The molecule has 1 aliphatic carbocycles. The van der Waals surface area contributed by atoms with Crippen molar-refractivity contribution in [3.8, 4) is 0 Å². The van der Waals surface area contributed by atoms with Crippen LogP contribution < -0.4 is 5.32 Å². The maximum absolute atomic E-state index is 13.0. The van der Waals surface area contributed by atoms with Gasteiger partial charge in [0, 0.05) is 26.3 Å². The molecule has 1 aliphatic heterocycles. The Morgan fingerprint density at radius 1 is 1.10 bits per heavy atom. The number of hydrogen-bond acceptors (Lipinski definition) is 3. The third kappa shape index (κ3) is 4.26. The number of aromatic nitrogens is 1. The van der Waals surface area contributed by atoms with E-state index in [1.54, 1.807) is 17.8 Å². The lowest BCUT2D eigenvalue weighted by atomic mass is 10.0. The van der Waals surface area contributed by atoms with Gasteiger partial charge in [-0.25, -0.2) is 8.42 Å². The molecule has 1 atom stereocenters. The Bertz CT molecular complexity index is 985. The number of rotatable bonds is 6. The van der Waals surface area contributed by atoms with Gasteiger partial charge in [-0.3, -0.25) is 4.79 Å². The number of carbonyl (C=O) groups excluding carboxylic acids is 1. The summed E-state index contributed by atoms with van der Waals surface area (Å²) >= 11 is 0. The van der Waals surface area contributed by atoms with Crippen LogP contribution in [0.2, 0.25) is 0 Å². The van der Waals surface area contributed by atoms with E-state index in [2.05, 4.69) is 29.6 Å². The second kappa shape index (κ2) is 7.95. The van der Waals surface area contributed by atoms with Gasteiger partial charge in [0.25, 0.3) is 5.91 Å². The lowest BCUT2D eigenvalue weighted by molar-refractivity contribution is 0.0923. The predicted octanol–water partition coefficient (Wildman–Crippen LogP) is 3.39. The summed E-state index contributed by atoms with van der Waals surface area (Å²) in [5, 5.41) is 3.15. The Balaban J connectivity index is 1.55. The molecule has 1 N–H and O–H groups in total. The SMILES string of the molecule is Cc1ccc(C(NC(=O)c2cc(S(=O)(=O)N3CCCCC3)cn2C)C2CC2)cc1. The summed E-state index contributed by atoms with van der Waals surface area (Å²) < 4.78 is 29.1. The number of hydrogen-bond donors (Lipinski definition) is 1. The number of nitrogens with zero attached hydrogens (tertiary/aromatic N) is 2. The molecule has 1 saturated heterocycles. The molecule has 6 nitrogen and oxygen atoms in total. The zero-order chi connectivity index (χ0) is 20.6. The summed E-state index contributed by atoms with van der Waals surface area (Å²) in [6.07, 6.45) is 6.59. The van der Waals surface area contributed by atoms with E-state index in [1.165, 1.54) is 15.9 Å². The summed E-state index contributed by atoms with van der Waals surface area (Å²) in [4.78, 5) is 13.2. The van der Waals surface area contributed by atoms with Gasteiger partial charge in [0.2, 0.25) is 10.0 Å². The fourth-order valence-corrected chi connectivity index (χ4v) is 5.64. The molecule has 1 aromatic heterocycles. The first-order valence-corrected chi connectivity index (χ1v) is 11.8. The highest BCUT2D eigenvalue weighted by Gasteiger charge is 2.34. The topological polar surface area (TPSA) is 71.4 Å². The molecule has 0 spiro atoms. The molecule has 0 bridgehead atoms. The maximum atomic E-state index is 13.0. The van der Waals surface area contributed by atoms with Crippen LogP contribution in [0.25, 0.3) is 0 Å². The van der Waals surface area contributed by atoms with Crippen LogP contribution in [0.3, 0.4) is 0 Å². The van der Waals surface area contributed by atoms with Crippen LogP contribution in [-0.4, -0.2) is 36.3 Å². The highest BCUT2D eigenvalue weighted by atomic mass is 32.2. The Morgan fingerprint density at radius 2 is 1.76 bits per heavy atom. The van der Waals surface area contributed by atoms with E-state index in [-0.39, 0.29) is 16.8 Å². The summed E-state index contributed by atoms with van der Waals surface area (Å²) in [5.74, 6) is 0.212. The number of sulfonamides is 1. The first-order chi connectivity index (χ1) is 13.9. The zero-order valence-corrected chi connectivity index (χ0v) is 17.9. The molecular formula is C22H29N3O3S. The van der Waals surface area contributed by atoms with Gasteiger partial charge in [0.15, 0.2) is 0 Å². The molecule has 1 aromatic carbocycles. The van der Waals surface area contributed by atoms with Crippen molar-refractivity contribution in [2.24, 2.45) is 13.0 Å². The van der Waals surface area contributed by atoms with Gasteiger partial charge in [-0.15, -0.1) is 0 Å². The van der Waals surface area contributed by atoms with E-state index in [0.717, 1.165) is 37.7 Å². The van der Waals surface area contributed by atoms with E-state index in [4.69, 9.17) is 0 Å². The minimum Gasteiger partial charge on any atom is -0.345 e. The molecule has 0 radical (unpaired) electrons. The van der Waals surface area contributed by atoms with Gasteiger partial charge >= 0.3 is 0 Å². The van der Waals surface area contributed by atoms with Crippen LogP contribution in [0, 0.1) is 12.8 Å². The molecule has 7 heteroatoms. The average Bonchev–Trinajstić information content (AvgIpc) is 3.48. The van der Waals surface area contributed by atoms with Crippen LogP contribution >= 0.6 is 0 Å². The minimum absolute atomic E-state index is 0.0415. The number of aryl methyl sites for hydroxylation is 2. The molecule has 2 aliphatic rings. The summed E-state index contributed by atoms with van der Waals surface area (Å²) in [7, 11) is -1.83. The molecule has 29 heavy (non-hydrogen) atoms. The van der Waals surface area contributed by atoms with Crippen LogP contribution in [0.5, 0.6) is 0 Å². The summed E-state index contributed by atoms with van der Waals surface area (Å²) in [6.45, 7) is 3.15. The van der Waals surface area contributed by atoms with Crippen molar-refractivity contribution in [3.05, 3.63) is 53.3 Å². The van der Waals surface area contributed by atoms with E-state index in [9.17, 15) is 13.2 Å². The van der Waals surface area contributed by atoms with E-state index in [0.29, 0.717) is 24.7 Å². The predicted molar refractivity (Wildman–Crippen MR) is 112 cm³/mol. The largest absolute Gasteiger partial charge is 0.345 e. The first kappa shape index (κ1) is 20.2. The first-order valence-electron chi connectivity index (χ1n) is 10.4. The third-order valence-electron chi connectivity index (χ3n) is 5.98. The van der Waals surface area contributed by atoms with Gasteiger partial charge in [-0.05, 0) is 50.2 Å². The van der Waals surface area contributed by atoms with Gasteiger partial charge in [0.1, 0.15) is 10.6 Å². The van der Waals surface area contributed by atoms with Crippen LogP contribution in [0.4, 0.5) is 0 Å². The Kier molecular flexibility index (Phi) is 5.53. The smallest absolute Gasteiger partial charge is 0.268 e.